The lowest BCUT2D eigenvalue weighted by molar-refractivity contribution is -0.384. The van der Waals surface area contributed by atoms with E-state index >= 15 is 0 Å². The van der Waals surface area contributed by atoms with Crippen LogP contribution in [-0.4, -0.2) is 17.0 Å². The maximum atomic E-state index is 11.9. The van der Waals surface area contributed by atoms with Crippen molar-refractivity contribution in [3.63, 3.8) is 0 Å². The van der Waals surface area contributed by atoms with E-state index in [0.717, 1.165) is 5.56 Å². The SMILES string of the molecule is Cc1ccccc1C(=O)NN=Cc1ccc(Cl)c([N+](=O)[O-])c1. The molecule has 0 unspecified atom stereocenters. The minimum absolute atomic E-state index is 0.0473. The molecule has 112 valence electrons. The van der Waals surface area contributed by atoms with Crippen molar-refractivity contribution in [2.24, 2.45) is 5.10 Å². The molecule has 0 spiro atoms. The van der Waals surface area contributed by atoms with E-state index in [-0.39, 0.29) is 16.6 Å². The molecule has 1 amide bonds. The Bertz CT molecular complexity index is 759. The summed E-state index contributed by atoms with van der Waals surface area (Å²) in [6, 6.07) is 11.4. The number of nitro benzene ring substituents is 1. The third-order valence-corrected chi connectivity index (χ3v) is 3.26. The lowest BCUT2D eigenvalue weighted by Gasteiger charge is -2.03. The van der Waals surface area contributed by atoms with Crippen molar-refractivity contribution in [1.82, 2.24) is 5.43 Å². The van der Waals surface area contributed by atoms with E-state index in [0.29, 0.717) is 11.1 Å². The van der Waals surface area contributed by atoms with Crippen LogP contribution in [0.3, 0.4) is 0 Å². The Balaban J connectivity index is 2.10. The summed E-state index contributed by atoms with van der Waals surface area (Å²) in [4.78, 5) is 22.1. The van der Waals surface area contributed by atoms with Crippen molar-refractivity contribution in [2.75, 3.05) is 0 Å². The van der Waals surface area contributed by atoms with E-state index < -0.39 is 4.92 Å². The van der Waals surface area contributed by atoms with Gasteiger partial charge in [-0.05, 0) is 24.6 Å². The summed E-state index contributed by atoms with van der Waals surface area (Å²) in [5, 5.41) is 14.6. The fourth-order valence-corrected chi connectivity index (χ4v) is 1.99. The maximum absolute atomic E-state index is 11.9. The lowest BCUT2D eigenvalue weighted by atomic mass is 10.1. The number of nitro groups is 1. The number of halogens is 1. The molecule has 0 atom stereocenters. The van der Waals surface area contributed by atoms with Crippen molar-refractivity contribution in [3.8, 4) is 0 Å². The zero-order chi connectivity index (χ0) is 16.1. The van der Waals surface area contributed by atoms with Crippen LogP contribution in [0.15, 0.2) is 47.6 Å². The van der Waals surface area contributed by atoms with Crippen molar-refractivity contribution in [2.45, 2.75) is 6.92 Å². The third kappa shape index (κ3) is 3.67. The minimum atomic E-state index is -0.578. The first-order valence-corrected chi connectivity index (χ1v) is 6.70. The summed E-state index contributed by atoms with van der Waals surface area (Å²) >= 11 is 5.72. The first-order valence-electron chi connectivity index (χ1n) is 6.32. The summed E-state index contributed by atoms with van der Waals surface area (Å²) in [6.45, 7) is 1.82. The van der Waals surface area contributed by atoms with Crippen molar-refractivity contribution < 1.29 is 9.72 Å². The number of benzene rings is 2. The third-order valence-electron chi connectivity index (χ3n) is 2.94. The van der Waals surface area contributed by atoms with Crippen molar-refractivity contribution in [1.29, 1.82) is 0 Å². The Morgan fingerprint density at radius 3 is 2.73 bits per heavy atom. The number of aryl methyl sites for hydroxylation is 1. The van der Waals surface area contributed by atoms with Gasteiger partial charge in [0.1, 0.15) is 5.02 Å². The second-order valence-electron chi connectivity index (χ2n) is 4.48. The van der Waals surface area contributed by atoms with E-state index in [1.807, 2.05) is 19.1 Å². The molecule has 0 radical (unpaired) electrons. The summed E-state index contributed by atoms with van der Waals surface area (Å²) in [5.74, 6) is -0.349. The number of carbonyl (C=O) groups is 1. The summed E-state index contributed by atoms with van der Waals surface area (Å²) in [6.07, 6.45) is 1.32. The van der Waals surface area contributed by atoms with E-state index in [1.54, 1.807) is 18.2 Å². The Morgan fingerprint density at radius 2 is 2.05 bits per heavy atom. The van der Waals surface area contributed by atoms with Gasteiger partial charge in [-0.1, -0.05) is 35.9 Å². The second kappa shape index (κ2) is 6.82. The Labute approximate surface area is 131 Å². The van der Waals surface area contributed by atoms with Gasteiger partial charge in [-0.2, -0.15) is 5.10 Å². The van der Waals surface area contributed by atoms with Crippen LogP contribution in [0.25, 0.3) is 0 Å². The van der Waals surface area contributed by atoms with E-state index in [2.05, 4.69) is 10.5 Å². The molecule has 22 heavy (non-hydrogen) atoms. The highest BCUT2D eigenvalue weighted by Gasteiger charge is 2.12. The van der Waals surface area contributed by atoms with E-state index in [1.165, 1.54) is 18.3 Å². The highest BCUT2D eigenvalue weighted by molar-refractivity contribution is 6.32. The molecule has 0 heterocycles. The van der Waals surface area contributed by atoms with Gasteiger partial charge < -0.3 is 0 Å². The minimum Gasteiger partial charge on any atom is -0.267 e. The highest BCUT2D eigenvalue weighted by atomic mass is 35.5. The maximum Gasteiger partial charge on any atom is 0.288 e. The first kappa shape index (κ1) is 15.7. The van der Waals surface area contributed by atoms with Gasteiger partial charge in [-0.15, -0.1) is 0 Å². The molecule has 6 nitrogen and oxygen atoms in total. The standard InChI is InChI=1S/C15H12ClN3O3/c1-10-4-2-3-5-12(10)15(20)18-17-9-11-6-7-13(16)14(8-11)19(21)22/h2-9H,1H3,(H,18,20). The van der Waals surface area contributed by atoms with Gasteiger partial charge in [0.2, 0.25) is 0 Å². The van der Waals surface area contributed by atoms with Crippen LogP contribution in [0.2, 0.25) is 5.02 Å². The number of amides is 1. The van der Waals surface area contributed by atoms with Crippen LogP contribution < -0.4 is 5.43 Å². The Hall–Kier alpha value is -2.73. The number of rotatable bonds is 4. The number of hydrogen-bond acceptors (Lipinski definition) is 4. The molecule has 0 saturated carbocycles. The summed E-state index contributed by atoms with van der Waals surface area (Å²) in [7, 11) is 0. The van der Waals surface area contributed by atoms with Crippen LogP contribution in [0.5, 0.6) is 0 Å². The van der Waals surface area contributed by atoms with Crippen LogP contribution >= 0.6 is 11.6 Å². The Morgan fingerprint density at radius 1 is 1.32 bits per heavy atom. The fourth-order valence-electron chi connectivity index (χ4n) is 1.80. The monoisotopic (exact) mass is 317 g/mol. The van der Waals surface area contributed by atoms with Gasteiger partial charge in [0, 0.05) is 17.2 Å². The molecule has 0 aromatic heterocycles. The number of hydrazone groups is 1. The van der Waals surface area contributed by atoms with Gasteiger partial charge in [-0.3, -0.25) is 14.9 Å². The van der Waals surface area contributed by atoms with Crippen molar-refractivity contribution in [3.05, 3.63) is 74.3 Å². The molecule has 0 saturated heterocycles. The predicted molar refractivity (Wildman–Crippen MR) is 84.3 cm³/mol. The average molecular weight is 318 g/mol. The molecule has 0 aliphatic heterocycles. The molecule has 2 aromatic rings. The number of carbonyl (C=O) groups excluding carboxylic acids is 1. The molecule has 1 N–H and O–H groups in total. The molecule has 2 aromatic carbocycles. The zero-order valence-corrected chi connectivity index (χ0v) is 12.4. The molecule has 2 rings (SSSR count). The van der Waals surface area contributed by atoms with Crippen LogP contribution in [0, 0.1) is 17.0 Å². The zero-order valence-electron chi connectivity index (χ0n) is 11.6. The lowest BCUT2D eigenvalue weighted by Crippen LogP contribution is -2.18. The average Bonchev–Trinajstić information content (AvgIpc) is 2.49. The summed E-state index contributed by atoms with van der Waals surface area (Å²) < 4.78 is 0. The van der Waals surface area contributed by atoms with E-state index in [4.69, 9.17) is 11.6 Å². The Kier molecular flexibility index (Phi) is 4.85. The molecule has 7 heteroatoms. The molecule has 0 fully saturated rings. The fraction of sp³-hybridized carbons (Fsp3) is 0.0667. The first-order chi connectivity index (χ1) is 10.5. The topological polar surface area (TPSA) is 84.6 Å². The van der Waals surface area contributed by atoms with Crippen LogP contribution in [0.4, 0.5) is 5.69 Å². The molecule has 0 aliphatic carbocycles. The van der Waals surface area contributed by atoms with Crippen molar-refractivity contribution >= 4 is 29.4 Å². The highest BCUT2D eigenvalue weighted by Crippen LogP contribution is 2.24. The number of hydrogen-bond donors (Lipinski definition) is 1. The second-order valence-corrected chi connectivity index (χ2v) is 4.89. The molecule has 0 aliphatic rings. The predicted octanol–water partition coefficient (Wildman–Crippen LogP) is 3.32. The largest absolute Gasteiger partial charge is 0.288 e. The van der Waals surface area contributed by atoms with Gasteiger partial charge in [-0.25, -0.2) is 5.43 Å². The number of nitrogens with one attached hydrogen (secondary N) is 1. The van der Waals surface area contributed by atoms with Gasteiger partial charge in [0.05, 0.1) is 11.1 Å². The normalized spacial score (nSPS) is 10.6. The van der Waals surface area contributed by atoms with E-state index in [9.17, 15) is 14.9 Å². The quantitative estimate of drug-likeness (QED) is 0.533. The van der Waals surface area contributed by atoms with Crippen LogP contribution in [-0.2, 0) is 0 Å². The van der Waals surface area contributed by atoms with Gasteiger partial charge in [0.15, 0.2) is 0 Å². The number of nitrogens with zero attached hydrogens (tertiary/aromatic N) is 2. The summed E-state index contributed by atoms with van der Waals surface area (Å²) in [5.41, 5.74) is 3.97. The smallest absolute Gasteiger partial charge is 0.267 e. The molecular weight excluding hydrogens is 306 g/mol. The van der Waals surface area contributed by atoms with Crippen LogP contribution in [0.1, 0.15) is 21.5 Å². The van der Waals surface area contributed by atoms with Gasteiger partial charge in [0.25, 0.3) is 11.6 Å². The molecular formula is C15H12ClN3O3. The van der Waals surface area contributed by atoms with Gasteiger partial charge >= 0.3 is 0 Å². The molecule has 0 bridgehead atoms.